The molecule has 6 nitrogen and oxygen atoms in total. The largest absolute Gasteiger partial charge is 0.480 e. The molecule has 0 heterocycles. The van der Waals surface area contributed by atoms with Crippen molar-refractivity contribution >= 4 is 11.9 Å². The standard InChI is InChI=1S/C7H14N2O4/c1-4(10)9-5(7(12)13)2-3-6(8)11/h5-6,11H,2-3,8H2,1H3,(H,9,10)(H,12,13). The van der Waals surface area contributed by atoms with Crippen LogP contribution in [0.5, 0.6) is 0 Å². The highest BCUT2D eigenvalue weighted by atomic mass is 16.4. The number of amides is 1. The second-order valence-corrected chi connectivity index (χ2v) is 2.74. The number of carboxylic acids is 1. The molecule has 0 aliphatic heterocycles. The lowest BCUT2D eigenvalue weighted by molar-refractivity contribution is -0.141. The number of carbonyl (C=O) groups excluding carboxylic acids is 1. The Hall–Kier alpha value is -1.14. The number of aliphatic carboxylic acids is 1. The molecule has 1 amide bonds. The predicted octanol–water partition coefficient (Wildman–Crippen LogP) is -1.37. The molecule has 0 radical (unpaired) electrons. The van der Waals surface area contributed by atoms with Crippen LogP contribution in [0.2, 0.25) is 0 Å². The van der Waals surface area contributed by atoms with Gasteiger partial charge in [-0.2, -0.15) is 0 Å². The quantitative estimate of drug-likeness (QED) is 0.400. The third-order valence-corrected chi connectivity index (χ3v) is 1.43. The third-order valence-electron chi connectivity index (χ3n) is 1.43. The number of aliphatic hydroxyl groups is 1. The first kappa shape index (κ1) is 11.9. The smallest absolute Gasteiger partial charge is 0.326 e. The van der Waals surface area contributed by atoms with Gasteiger partial charge in [-0.25, -0.2) is 4.79 Å². The molecular formula is C7H14N2O4. The van der Waals surface area contributed by atoms with Gasteiger partial charge >= 0.3 is 5.97 Å². The van der Waals surface area contributed by atoms with Crippen molar-refractivity contribution in [2.75, 3.05) is 0 Å². The van der Waals surface area contributed by atoms with Gasteiger partial charge in [-0.1, -0.05) is 0 Å². The third kappa shape index (κ3) is 6.06. The summed E-state index contributed by atoms with van der Waals surface area (Å²) in [5.74, 6) is -1.55. The minimum absolute atomic E-state index is 0.118. The Morgan fingerprint density at radius 3 is 2.31 bits per heavy atom. The van der Waals surface area contributed by atoms with Crippen molar-refractivity contribution < 1.29 is 19.8 Å². The Balaban J connectivity index is 3.95. The van der Waals surface area contributed by atoms with Crippen molar-refractivity contribution in [1.29, 1.82) is 0 Å². The van der Waals surface area contributed by atoms with Crippen molar-refractivity contribution in [2.45, 2.75) is 32.0 Å². The van der Waals surface area contributed by atoms with Gasteiger partial charge in [0.15, 0.2) is 0 Å². The van der Waals surface area contributed by atoms with Gasteiger partial charge in [-0.3, -0.25) is 4.79 Å². The zero-order chi connectivity index (χ0) is 10.4. The van der Waals surface area contributed by atoms with Gasteiger partial charge < -0.3 is 21.3 Å². The topological polar surface area (TPSA) is 113 Å². The minimum atomic E-state index is -1.13. The minimum Gasteiger partial charge on any atom is -0.480 e. The van der Waals surface area contributed by atoms with Crippen LogP contribution in [0.3, 0.4) is 0 Å². The zero-order valence-electron chi connectivity index (χ0n) is 7.36. The van der Waals surface area contributed by atoms with Crippen LogP contribution in [0.4, 0.5) is 0 Å². The van der Waals surface area contributed by atoms with Crippen LogP contribution >= 0.6 is 0 Å². The lowest BCUT2D eigenvalue weighted by Crippen LogP contribution is -2.40. The van der Waals surface area contributed by atoms with Crippen molar-refractivity contribution in [1.82, 2.24) is 5.32 Å². The molecule has 5 N–H and O–H groups in total. The van der Waals surface area contributed by atoms with Gasteiger partial charge in [-0.05, 0) is 12.8 Å². The van der Waals surface area contributed by atoms with E-state index in [0.29, 0.717) is 0 Å². The van der Waals surface area contributed by atoms with E-state index in [4.69, 9.17) is 15.9 Å². The van der Waals surface area contributed by atoms with Crippen LogP contribution < -0.4 is 11.1 Å². The van der Waals surface area contributed by atoms with Gasteiger partial charge in [0.25, 0.3) is 0 Å². The molecule has 0 aliphatic carbocycles. The van der Waals surface area contributed by atoms with Crippen LogP contribution in [0.25, 0.3) is 0 Å². The van der Waals surface area contributed by atoms with E-state index in [1.807, 2.05) is 0 Å². The summed E-state index contributed by atoms with van der Waals surface area (Å²) in [4.78, 5) is 21.0. The number of hydrogen-bond donors (Lipinski definition) is 4. The lowest BCUT2D eigenvalue weighted by atomic mass is 10.1. The van der Waals surface area contributed by atoms with Gasteiger partial charge in [0.05, 0.1) is 0 Å². The average Bonchev–Trinajstić information content (AvgIpc) is 1.96. The summed E-state index contributed by atoms with van der Waals surface area (Å²) in [5, 5.41) is 19.5. The maximum absolute atomic E-state index is 10.5. The highest BCUT2D eigenvalue weighted by molar-refractivity contribution is 5.81. The van der Waals surface area contributed by atoms with E-state index in [-0.39, 0.29) is 12.8 Å². The van der Waals surface area contributed by atoms with Crippen LogP contribution in [0.15, 0.2) is 0 Å². The second-order valence-electron chi connectivity index (χ2n) is 2.74. The number of rotatable bonds is 5. The van der Waals surface area contributed by atoms with E-state index >= 15 is 0 Å². The van der Waals surface area contributed by atoms with Gasteiger partial charge in [0, 0.05) is 6.92 Å². The van der Waals surface area contributed by atoms with Gasteiger partial charge in [-0.15, -0.1) is 0 Å². The Morgan fingerprint density at radius 2 is 2.00 bits per heavy atom. The van der Waals surface area contributed by atoms with Crippen LogP contribution in [0, 0.1) is 0 Å². The Bertz CT molecular complexity index is 193. The number of nitrogens with two attached hydrogens (primary N) is 1. The summed E-state index contributed by atoms with van der Waals surface area (Å²) in [6.45, 7) is 1.23. The fourth-order valence-electron chi connectivity index (χ4n) is 0.840. The molecule has 76 valence electrons. The number of nitrogens with one attached hydrogen (secondary N) is 1. The Labute approximate surface area is 75.7 Å². The molecular weight excluding hydrogens is 176 g/mol. The molecule has 0 saturated carbocycles. The lowest BCUT2D eigenvalue weighted by Gasteiger charge is -2.13. The number of hydrogen-bond acceptors (Lipinski definition) is 4. The molecule has 0 saturated heterocycles. The summed E-state index contributed by atoms with van der Waals surface area (Å²) in [5.41, 5.74) is 5.02. The zero-order valence-corrected chi connectivity index (χ0v) is 7.36. The molecule has 6 heteroatoms. The molecule has 0 fully saturated rings. The fourth-order valence-corrected chi connectivity index (χ4v) is 0.840. The number of carbonyl (C=O) groups is 2. The van der Waals surface area contributed by atoms with E-state index in [1.54, 1.807) is 0 Å². The molecule has 0 aromatic heterocycles. The molecule has 0 aliphatic rings. The maximum Gasteiger partial charge on any atom is 0.326 e. The molecule has 0 bridgehead atoms. The maximum atomic E-state index is 10.5. The number of carboxylic acid groups (broad SMARTS) is 1. The Morgan fingerprint density at radius 1 is 1.46 bits per heavy atom. The highest BCUT2D eigenvalue weighted by Gasteiger charge is 2.18. The van der Waals surface area contributed by atoms with Crippen molar-refractivity contribution in [2.24, 2.45) is 5.73 Å². The highest BCUT2D eigenvalue weighted by Crippen LogP contribution is 1.99. The summed E-state index contributed by atoms with van der Waals surface area (Å²) in [6.07, 6.45) is -0.792. The molecule has 13 heavy (non-hydrogen) atoms. The van der Waals surface area contributed by atoms with Crippen LogP contribution in [-0.2, 0) is 9.59 Å². The monoisotopic (exact) mass is 190 g/mol. The Kier molecular flexibility index (Phi) is 5.01. The van der Waals surface area contributed by atoms with E-state index in [2.05, 4.69) is 5.32 Å². The van der Waals surface area contributed by atoms with Crippen molar-refractivity contribution in [3.63, 3.8) is 0 Å². The van der Waals surface area contributed by atoms with Gasteiger partial charge in [0.2, 0.25) is 5.91 Å². The molecule has 0 rings (SSSR count). The fraction of sp³-hybridized carbons (Fsp3) is 0.714. The normalized spacial score (nSPS) is 14.7. The molecule has 2 unspecified atom stereocenters. The summed E-state index contributed by atoms with van der Waals surface area (Å²) in [6, 6.07) is -0.976. The van der Waals surface area contributed by atoms with Crippen molar-refractivity contribution in [3.05, 3.63) is 0 Å². The van der Waals surface area contributed by atoms with E-state index in [0.717, 1.165) is 0 Å². The molecule has 0 aromatic rings. The summed E-state index contributed by atoms with van der Waals surface area (Å²) < 4.78 is 0. The first-order valence-corrected chi connectivity index (χ1v) is 3.87. The van der Waals surface area contributed by atoms with E-state index in [1.165, 1.54) is 6.92 Å². The average molecular weight is 190 g/mol. The molecule has 0 aromatic carbocycles. The van der Waals surface area contributed by atoms with Crippen molar-refractivity contribution in [3.8, 4) is 0 Å². The first-order chi connectivity index (χ1) is 5.93. The van der Waals surface area contributed by atoms with Crippen LogP contribution in [0.1, 0.15) is 19.8 Å². The summed E-state index contributed by atoms with van der Waals surface area (Å²) >= 11 is 0. The number of aliphatic hydroxyl groups excluding tert-OH is 1. The molecule has 2 atom stereocenters. The molecule has 0 spiro atoms. The first-order valence-electron chi connectivity index (χ1n) is 3.87. The van der Waals surface area contributed by atoms with E-state index < -0.39 is 24.1 Å². The van der Waals surface area contributed by atoms with E-state index in [9.17, 15) is 9.59 Å². The van der Waals surface area contributed by atoms with Gasteiger partial charge in [0.1, 0.15) is 12.3 Å². The second kappa shape index (κ2) is 5.50. The van der Waals surface area contributed by atoms with Crippen LogP contribution in [-0.4, -0.2) is 34.4 Å². The summed E-state index contributed by atoms with van der Waals surface area (Å²) in [7, 11) is 0. The SMILES string of the molecule is CC(=O)NC(CCC(N)O)C(=O)O. The predicted molar refractivity (Wildman–Crippen MR) is 44.7 cm³/mol.